The lowest BCUT2D eigenvalue weighted by atomic mass is 10.00. The fourth-order valence-corrected chi connectivity index (χ4v) is 4.37. The summed E-state index contributed by atoms with van der Waals surface area (Å²) in [4.78, 5) is 4.61. The van der Waals surface area contributed by atoms with Gasteiger partial charge in [-0.25, -0.2) is 8.42 Å². The minimum atomic E-state index is -3.43. The van der Waals surface area contributed by atoms with Crippen LogP contribution in [0.25, 0.3) is 22.0 Å². The Morgan fingerprint density at radius 3 is 2.50 bits per heavy atom. The first-order chi connectivity index (χ1) is 13.3. The standard InChI is InChI=1S/C23H27NO3S/c1-16(2)13-17(3)15-27-22-10-9-18(14-23(22)28(4,25)26)19-11-12-24-21-8-6-5-7-20(19)21/h5-12,14,16-17H,13,15H2,1-4H3. The molecule has 0 aliphatic heterocycles. The Balaban J connectivity index is 1.99. The molecule has 0 fully saturated rings. The first-order valence-corrected chi connectivity index (χ1v) is 11.5. The third kappa shape index (κ3) is 4.71. The van der Waals surface area contributed by atoms with Crippen molar-refractivity contribution >= 4 is 20.7 Å². The fraction of sp³-hybridized carbons (Fsp3) is 0.348. The molecule has 2 aromatic carbocycles. The van der Waals surface area contributed by atoms with E-state index in [0.29, 0.717) is 24.2 Å². The molecule has 28 heavy (non-hydrogen) atoms. The van der Waals surface area contributed by atoms with Gasteiger partial charge in [0.25, 0.3) is 0 Å². The molecule has 0 radical (unpaired) electrons. The topological polar surface area (TPSA) is 56.3 Å². The maximum atomic E-state index is 12.4. The Bertz CT molecular complexity index is 1070. The first-order valence-electron chi connectivity index (χ1n) is 9.56. The van der Waals surface area contributed by atoms with Crippen molar-refractivity contribution in [1.29, 1.82) is 0 Å². The van der Waals surface area contributed by atoms with Crippen molar-refractivity contribution in [2.45, 2.75) is 32.1 Å². The SMILES string of the molecule is CC(C)CC(C)COc1ccc(-c2ccnc3ccccc23)cc1S(C)(=O)=O. The summed E-state index contributed by atoms with van der Waals surface area (Å²) in [6.45, 7) is 6.97. The number of sulfone groups is 1. The van der Waals surface area contributed by atoms with E-state index in [4.69, 9.17) is 4.74 Å². The zero-order valence-electron chi connectivity index (χ0n) is 16.8. The predicted molar refractivity (Wildman–Crippen MR) is 114 cm³/mol. The number of benzene rings is 2. The second-order valence-corrected chi connectivity index (χ2v) is 9.84. The van der Waals surface area contributed by atoms with Crippen molar-refractivity contribution in [1.82, 2.24) is 4.98 Å². The van der Waals surface area contributed by atoms with Crippen LogP contribution in [-0.4, -0.2) is 26.3 Å². The van der Waals surface area contributed by atoms with Crippen LogP contribution in [0.3, 0.4) is 0 Å². The van der Waals surface area contributed by atoms with E-state index < -0.39 is 9.84 Å². The highest BCUT2D eigenvalue weighted by Gasteiger charge is 2.18. The first kappa shape index (κ1) is 20.3. The van der Waals surface area contributed by atoms with Gasteiger partial charge in [-0.1, -0.05) is 45.0 Å². The Labute approximate surface area is 167 Å². The van der Waals surface area contributed by atoms with Crippen molar-refractivity contribution in [3.05, 3.63) is 54.7 Å². The van der Waals surface area contributed by atoms with E-state index in [-0.39, 0.29) is 4.90 Å². The number of rotatable bonds is 7. The number of aromatic nitrogens is 1. The molecule has 4 nitrogen and oxygen atoms in total. The summed E-state index contributed by atoms with van der Waals surface area (Å²) in [5.41, 5.74) is 2.67. The second kappa shape index (κ2) is 8.31. The molecule has 0 bridgehead atoms. The lowest BCUT2D eigenvalue weighted by Crippen LogP contribution is -2.12. The Kier molecular flexibility index (Phi) is 6.04. The molecule has 0 amide bonds. The molecule has 0 saturated carbocycles. The molecule has 148 valence electrons. The molecule has 1 heterocycles. The van der Waals surface area contributed by atoms with E-state index in [2.05, 4.69) is 25.8 Å². The molecular weight excluding hydrogens is 370 g/mol. The van der Waals surface area contributed by atoms with Gasteiger partial charge in [-0.3, -0.25) is 4.98 Å². The molecule has 0 aliphatic carbocycles. The van der Waals surface area contributed by atoms with E-state index in [9.17, 15) is 8.42 Å². The number of hydrogen-bond acceptors (Lipinski definition) is 4. The molecule has 3 rings (SSSR count). The number of pyridine rings is 1. The highest BCUT2D eigenvalue weighted by molar-refractivity contribution is 7.90. The Morgan fingerprint density at radius 2 is 1.79 bits per heavy atom. The van der Waals surface area contributed by atoms with Crippen LogP contribution in [0.5, 0.6) is 5.75 Å². The predicted octanol–water partition coefficient (Wildman–Crippen LogP) is 5.37. The van der Waals surface area contributed by atoms with Crippen LogP contribution < -0.4 is 4.74 Å². The van der Waals surface area contributed by atoms with Crippen LogP contribution in [0.2, 0.25) is 0 Å². The zero-order chi connectivity index (χ0) is 20.3. The van der Waals surface area contributed by atoms with Gasteiger partial charge in [0.15, 0.2) is 9.84 Å². The number of nitrogens with zero attached hydrogens (tertiary/aromatic N) is 1. The average Bonchev–Trinajstić information content (AvgIpc) is 2.64. The van der Waals surface area contributed by atoms with Crippen molar-refractivity contribution < 1.29 is 13.2 Å². The van der Waals surface area contributed by atoms with Crippen LogP contribution >= 0.6 is 0 Å². The largest absolute Gasteiger partial charge is 0.492 e. The van der Waals surface area contributed by atoms with Crippen LogP contribution in [0.4, 0.5) is 0 Å². The Morgan fingerprint density at radius 1 is 1.04 bits per heavy atom. The van der Waals surface area contributed by atoms with Gasteiger partial charge >= 0.3 is 0 Å². The van der Waals surface area contributed by atoms with Gasteiger partial charge in [0.2, 0.25) is 0 Å². The summed E-state index contributed by atoms with van der Waals surface area (Å²) in [5.74, 6) is 1.35. The average molecular weight is 398 g/mol. The number of para-hydroxylation sites is 1. The van der Waals surface area contributed by atoms with Crippen molar-refractivity contribution in [2.24, 2.45) is 11.8 Å². The maximum absolute atomic E-state index is 12.4. The van der Waals surface area contributed by atoms with Crippen molar-refractivity contribution in [3.63, 3.8) is 0 Å². The smallest absolute Gasteiger partial charge is 0.179 e. The summed E-state index contributed by atoms with van der Waals surface area (Å²) in [6.07, 6.45) is 4.01. The normalized spacial score (nSPS) is 13.0. The molecule has 5 heteroatoms. The summed E-state index contributed by atoms with van der Waals surface area (Å²) < 4.78 is 30.8. The van der Waals surface area contributed by atoms with Gasteiger partial charge in [-0.2, -0.15) is 0 Å². The van der Waals surface area contributed by atoms with Gasteiger partial charge < -0.3 is 4.74 Å². The van der Waals surface area contributed by atoms with Gasteiger partial charge in [0, 0.05) is 17.8 Å². The van der Waals surface area contributed by atoms with E-state index in [1.807, 2.05) is 36.4 Å². The van der Waals surface area contributed by atoms with Crippen LogP contribution in [0.15, 0.2) is 59.6 Å². The molecular formula is C23H27NO3S. The maximum Gasteiger partial charge on any atom is 0.179 e. The van der Waals surface area contributed by atoms with E-state index >= 15 is 0 Å². The summed E-state index contributed by atoms with van der Waals surface area (Å²) in [7, 11) is -3.43. The van der Waals surface area contributed by atoms with Crippen LogP contribution in [0.1, 0.15) is 27.2 Å². The van der Waals surface area contributed by atoms with Crippen molar-refractivity contribution in [3.8, 4) is 16.9 Å². The third-order valence-electron chi connectivity index (χ3n) is 4.70. The van der Waals surface area contributed by atoms with Gasteiger partial charge in [0.05, 0.1) is 12.1 Å². The number of fused-ring (bicyclic) bond motifs is 1. The quantitative estimate of drug-likeness (QED) is 0.538. The van der Waals surface area contributed by atoms with Crippen molar-refractivity contribution in [2.75, 3.05) is 12.9 Å². The molecule has 0 saturated heterocycles. The minimum Gasteiger partial charge on any atom is -0.492 e. The molecule has 1 atom stereocenters. The zero-order valence-corrected chi connectivity index (χ0v) is 17.7. The van der Waals surface area contributed by atoms with Crippen LogP contribution in [-0.2, 0) is 9.84 Å². The third-order valence-corrected chi connectivity index (χ3v) is 5.82. The molecule has 3 aromatic rings. The second-order valence-electron chi connectivity index (χ2n) is 7.86. The Hall–Kier alpha value is -2.40. The van der Waals surface area contributed by atoms with Gasteiger partial charge in [-0.05, 0) is 53.6 Å². The van der Waals surface area contributed by atoms with E-state index in [0.717, 1.165) is 28.5 Å². The lowest BCUT2D eigenvalue weighted by Gasteiger charge is -2.17. The highest BCUT2D eigenvalue weighted by atomic mass is 32.2. The highest BCUT2D eigenvalue weighted by Crippen LogP contribution is 2.33. The molecule has 1 unspecified atom stereocenters. The van der Waals surface area contributed by atoms with E-state index in [1.165, 1.54) is 6.26 Å². The van der Waals surface area contributed by atoms with E-state index in [1.54, 1.807) is 18.3 Å². The summed E-state index contributed by atoms with van der Waals surface area (Å²) in [5, 5.41) is 0.990. The number of hydrogen-bond donors (Lipinski definition) is 0. The molecule has 1 aromatic heterocycles. The van der Waals surface area contributed by atoms with Gasteiger partial charge in [0.1, 0.15) is 10.6 Å². The summed E-state index contributed by atoms with van der Waals surface area (Å²) in [6, 6.07) is 15.1. The minimum absolute atomic E-state index is 0.225. The lowest BCUT2D eigenvalue weighted by molar-refractivity contribution is 0.234. The molecule has 0 N–H and O–H groups in total. The summed E-state index contributed by atoms with van der Waals surface area (Å²) >= 11 is 0. The molecule has 0 spiro atoms. The monoisotopic (exact) mass is 397 g/mol. The number of ether oxygens (including phenoxy) is 1. The molecule has 0 aliphatic rings. The fourth-order valence-electron chi connectivity index (χ4n) is 3.54. The van der Waals surface area contributed by atoms with Gasteiger partial charge in [-0.15, -0.1) is 0 Å². The van der Waals surface area contributed by atoms with Crippen LogP contribution in [0, 0.1) is 11.8 Å².